The molecule has 0 saturated heterocycles. The first-order valence-corrected chi connectivity index (χ1v) is 6.99. The summed E-state index contributed by atoms with van der Waals surface area (Å²) < 4.78 is 0.688. The molecule has 0 spiro atoms. The number of halogens is 2. The van der Waals surface area contributed by atoms with E-state index in [4.69, 9.17) is 23.2 Å². The number of nitrogens with zero attached hydrogens (tertiary/aromatic N) is 1. The van der Waals surface area contributed by atoms with Gasteiger partial charge in [0.1, 0.15) is 0 Å². The molecule has 0 atom stereocenters. The number of hydrogen-bond acceptors (Lipinski definition) is 3. The SMILES string of the molecule is C/C(=N\NC(=O)c1ccc(Cl)cc1)c1ccc(Cl)s1. The number of benzene rings is 1. The molecule has 0 saturated carbocycles. The van der Waals surface area contributed by atoms with Gasteiger partial charge >= 0.3 is 0 Å². The number of hydrogen-bond donors (Lipinski definition) is 1. The molecule has 98 valence electrons. The molecule has 0 fully saturated rings. The highest BCUT2D eigenvalue weighted by Gasteiger charge is 2.05. The average Bonchev–Trinajstić information content (AvgIpc) is 2.83. The summed E-state index contributed by atoms with van der Waals surface area (Å²) in [5, 5.41) is 4.63. The Morgan fingerprint density at radius 2 is 1.84 bits per heavy atom. The summed E-state index contributed by atoms with van der Waals surface area (Å²) in [6.07, 6.45) is 0. The molecule has 1 aromatic heterocycles. The minimum atomic E-state index is -0.279. The lowest BCUT2D eigenvalue weighted by molar-refractivity contribution is 0.0955. The first kappa shape index (κ1) is 14.1. The van der Waals surface area contributed by atoms with Gasteiger partial charge in [0.25, 0.3) is 5.91 Å². The maximum Gasteiger partial charge on any atom is 0.271 e. The van der Waals surface area contributed by atoms with E-state index in [-0.39, 0.29) is 5.91 Å². The maximum atomic E-state index is 11.8. The van der Waals surface area contributed by atoms with Crippen molar-refractivity contribution in [2.24, 2.45) is 5.10 Å². The molecule has 19 heavy (non-hydrogen) atoms. The van der Waals surface area contributed by atoms with Crippen molar-refractivity contribution < 1.29 is 4.79 Å². The van der Waals surface area contributed by atoms with Crippen molar-refractivity contribution in [1.29, 1.82) is 0 Å². The molecule has 2 aromatic rings. The largest absolute Gasteiger partial charge is 0.271 e. The molecule has 1 aromatic carbocycles. The third-order valence-corrected chi connectivity index (χ3v) is 3.95. The lowest BCUT2D eigenvalue weighted by Crippen LogP contribution is -2.18. The molecule has 0 radical (unpaired) electrons. The van der Waals surface area contributed by atoms with Crippen LogP contribution in [0.2, 0.25) is 9.36 Å². The quantitative estimate of drug-likeness (QED) is 0.669. The van der Waals surface area contributed by atoms with Crippen molar-refractivity contribution >= 4 is 46.2 Å². The first-order chi connectivity index (χ1) is 9.06. The molecule has 0 aliphatic rings. The molecular formula is C13H10Cl2N2OS. The number of hydrazone groups is 1. The fourth-order valence-corrected chi connectivity index (χ4v) is 2.48. The third-order valence-electron chi connectivity index (χ3n) is 2.36. The van der Waals surface area contributed by atoms with Gasteiger partial charge in [0.05, 0.1) is 14.9 Å². The van der Waals surface area contributed by atoms with Gasteiger partial charge in [-0.1, -0.05) is 23.2 Å². The Balaban J connectivity index is 2.05. The van der Waals surface area contributed by atoms with E-state index in [1.807, 2.05) is 13.0 Å². The molecule has 2 rings (SSSR count). The zero-order valence-corrected chi connectivity index (χ0v) is 12.3. The van der Waals surface area contributed by atoms with E-state index in [2.05, 4.69) is 10.5 Å². The lowest BCUT2D eigenvalue weighted by atomic mass is 10.2. The Morgan fingerprint density at radius 3 is 2.42 bits per heavy atom. The minimum absolute atomic E-state index is 0.279. The van der Waals surface area contributed by atoms with Gasteiger partial charge in [-0.05, 0) is 43.3 Å². The van der Waals surface area contributed by atoms with E-state index in [0.717, 1.165) is 4.88 Å². The van der Waals surface area contributed by atoms with E-state index >= 15 is 0 Å². The van der Waals surface area contributed by atoms with E-state index < -0.39 is 0 Å². The summed E-state index contributed by atoms with van der Waals surface area (Å²) in [7, 11) is 0. The molecule has 1 heterocycles. The molecule has 6 heteroatoms. The van der Waals surface area contributed by atoms with E-state index in [9.17, 15) is 4.79 Å². The van der Waals surface area contributed by atoms with Crippen LogP contribution in [0.3, 0.4) is 0 Å². The molecule has 0 bridgehead atoms. The summed E-state index contributed by atoms with van der Waals surface area (Å²) >= 11 is 13.0. The summed E-state index contributed by atoms with van der Waals surface area (Å²) in [6, 6.07) is 10.3. The molecule has 0 aliphatic heterocycles. The van der Waals surface area contributed by atoms with Crippen molar-refractivity contribution in [2.45, 2.75) is 6.92 Å². The monoisotopic (exact) mass is 312 g/mol. The van der Waals surface area contributed by atoms with Crippen molar-refractivity contribution in [3.63, 3.8) is 0 Å². The van der Waals surface area contributed by atoms with Crippen LogP contribution in [0.25, 0.3) is 0 Å². The normalized spacial score (nSPS) is 11.4. The second-order valence-electron chi connectivity index (χ2n) is 3.75. The molecule has 0 aliphatic carbocycles. The Kier molecular flexibility index (Phi) is 4.58. The number of carbonyl (C=O) groups excluding carboxylic acids is 1. The molecule has 1 amide bonds. The van der Waals surface area contributed by atoms with Gasteiger partial charge in [0.15, 0.2) is 0 Å². The van der Waals surface area contributed by atoms with Gasteiger partial charge in [-0.15, -0.1) is 11.3 Å². The smallest absolute Gasteiger partial charge is 0.267 e. The van der Waals surface area contributed by atoms with Gasteiger partial charge in [0, 0.05) is 10.6 Å². The van der Waals surface area contributed by atoms with Gasteiger partial charge < -0.3 is 0 Å². The highest BCUT2D eigenvalue weighted by atomic mass is 35.5. The van der Waals surface area contributed by atoms with E-state index in [1.165, 1.54) is 11.3 Å². The van der Waals surface area contributed by atoms with Crippen molar-refractivity contribution in [1.82, 2.24) is 5.43 Å². The standard InChI is InChI=1S/C13H10Cl2N2OS/c1-8(11-6-7-12(15)19-11)16-17-13(18)9-2-4-10(14)5-3-9/h2-7H,1H3,(H,17,18)/b16-8+. The van der Waals surface area contributed by atoms with Gasteiger partial charge in [0.2, 0.25) is 0 Å². The van der Waals surface area contributed by atoms with Crippen molar-refractivity contribution in [3.05, 3.63) is 56.2 Å². The van der Waals surface area contributed by atoms with Crippen LogP contribution in [-0.4, -0.2) is 11.6 Å². The van der Waals surface area contributed by atoms with Gasteiger partial charge in [-0.3, -0.25) is 4.79 Å². The van der Waals surface area contributed by atoms with Gasteiger partial charge in [-0.2, -0.15) is 5.10 Å². The lowest BCUT2D eigenvalue weighted by Gasteiger charge is -2.01. The summed E-state index contributed by atoms with van der Waals surface area (Å²) in [6.45, 7) is 1.81. The van der Waals surface area contributed by atoms with Crippen LogP contribution in [0.1, 0.15) is 22.2 Å². The number of nitrogens with one attached hydrogen (secondary N) is 1. The zero-order chi connectivity index (χ0) is 13.8. The zero-order valence-electron chi connectivity index (χ0n) is 9.98. The third kappa shape index (κ3) is 3.80. The van der Waals surface area contributed by atoms with Crippen LogP contribution in [0.5, 0.6) is 0 Å². The number of carbonyl (C=O) groups is 1. The van der Waals surface area contributed by atoms with Crippen LogP contribution in [0.4, 0.5) is 0 Å². The Hall–Kier alpha value is -1.36. The predicted molar refractivity (Wildman–Crippen MR) is 80.5 cm³/mol. The van der Waals surface area contributed by atoms with Crippen molar-refractivity contribution in [2.75, 3.05) is 0 Å². The highest BCUT2D eigenvalue weighted by Crippen LogP contribution is 2.21. The molecule has 3 nitrogen and oxygen atoms in total. The van der Waals surface area contributed by atoms with Crippen molar-refractivity contribution in [3.8, 4) is 0 Å². The Bertz CT molecular complexity index is 620. The second-order valence-corrected chi connectivity index (χ2v) is 5.90. The molecule has 0 unspecified atom stereocenters. The van der Waals surface area contributed by atoms with Crippen LogP contribution in [0.15, 0.2) is 41.5 Å². The topological polar surface area (TPSA) is 41.5 Å². The second kappa shape index (κ2) is 6.19. The summed E-state index contributed by atoms with van der Waals surface area (Å²) in [5.74, 6) is -0.279. The highest BCUT2D eigenvalue weighted by molar-refractivity contribution is 7.18. The maximum absolute atomic E-state index is 11.8. The van der Waals surface area contributed by atoms with Crippen LogP contribution in [0, 0.1) is 0 Å². The van der Waals surface area contributed by atoms with Gasteiger partial charge in [-0.25, -0.2) is 5.43 Å². The average molecular weight is 313 g/mol. The minimum Gasteiger partial charge on any atom is -0.267 e. The summed E-state index contributed by atoms with van der Waals surface area (Å²) in [5.41, 5.74) is 3.71. The number of thiophene rings is 1. The number of amides is 1. The number of rotatable bonds is 3. The van der Waals surface area contributed by atoms with E-state index in [0.29, 0.717) is 20.6 Å². The van der Waals surface area contributed by atoms with Crippen LogP contribution < -0.4 is 5.43 Å². The predicted octanol–water partition coefficient (Wildman–Crippen LogP) is 4.21. The molecular weight excluding hydrogens is 303 g/mol. The van der Waals surface area contributed by atoms with Crippen LogP contribution >= 0.6 is 34.5 Å². The Morgan fingerprint density at radius 1 is 1.16 bits per heavy atom. The summed E-state index contributed by atoms with van der Waals surface area (Å²) in [4.78, 5) is 12.7. The van der Waals surface area contributed by atoms with E-state index in [1.54, 1.807) is 30.3 Å². The fourth-order valence-electron chi connectivity index (χ4n) is 1.36. The fraction of sp³-hybridized carbons (Fsp3) is 0.0769. The van der Waals surface area contributed by atoms with Crippen LogP contribution in [-0.2, 0) is 0 Å². The first-order valence-electron chi connectivity index (χ1n) is 5.42. The Labute approximate surface area is 124 Å². The molecule has 1 N–H and O–H groups in total.